The minimum atomic E-state index is 0.106. The third kappa shape index (κ3) is 2.51. The molecule has 0 aromatic carbocycles. The minimum Gasteiger partial charge on any atom is -0.392 e. The average Bonchev–Trinajstić information content (AvgIpc) is 2.06. The van der Waals surface area contributed by atoms with Crippen molar-refractivity contribution in [1.29, 1.82) is 0 Å². The number of nitrogens with zero attached hydrogens (tertiary/aromatic N) is 1. The average molecular weight is 149 g/mol. The van der Waals surface area contributed by atoms with E-state index in [-0.39, 0.29) is 6.61 Å². The summed E-state index contributed by atoms with van der Waals surface area (Å²) in [5, 5.41) is 8.71. The van der Waals surface area contributed by atoms with Gasteiger partial charge in [-0.15, -0.1) is 0 Å². The van der Waals surface area contributed by atoms with E-state index in [2.05, 4.69) is 4.98 Å². The lowest BCUT2D eigenvalue weighted by molar-refractivity contribution is 0.332. The fraction of sp³-hybridized carbons (Fsp3) is 0.222. The lowest BCUT2D eigenvalue weighted by Crippen LogP contribution is -1.83. The van der Waals surface area contributed by atoms with Crippen LogP contribution in [0.25, 0.3) is 6.08 Å². The lowest BCUT2D eigenvalue weighted by Gasteiger charge is -1.94. The molecule has 1 N–H and O–H groups in total. The van der Waals surface area contributed by atoms with Gasteiger partial charge < -0.3 is 5.11 Å². The lowest BCUT2D eigenvalue weighted by atomic mass is 10.2. The fourth-order valence-corrected chi connectivity index (χ4v) is 0.792. The van der Waals surface area contributed by atoms with Crippen molar-refractivity contribution in [2.24, 2.45) is 0 Å². The molecule has 1 aromatic heterocycles. The van der Waals surface area contributed by atoms with Crippen molar-refractivity contribution >= 4 is 6.08 Å². The smallest absolute Gasteiger partial charge is 0.0642 e. The van der Waals surface area contributed by atoms with Gasteiger partial charge in [-0.05, 0) is 24.1 Å². The summed E-state index contributed by atoms with van der Waals surface area (Å²) in [6.07, 6.45) is 5.40. The number of hydrogen-bond donors (Lipinski definition) is 1. The van der Waals surface area contributed by atoms with E-state index < -0.39 is 0 Å². The van der Waals surface area contributed by atoms with Crippen molar-refractivity contribution in [2.45, 2.75) is 6.92 Å². The van der Waals surface area contributed by atoms with Gasteiger partial charge in [-0.3, -0.25) is 4.98 Å². The third-order valence-corrected chi connectivity index (χ3v) is 1.35. The molecule has 0 aliphatic heterocycles. The first-order chi connectivity index (χ1) is 5.33. The number of pyridine rings is 1. The molecule has 1 rings (SSSR count). The van der Waals surface area contributed by atoms with E-state index in [9.17, 15) is 0 Å². The number of hydrogen-bond acceptors (Lipinski definition) is 2. The standard InChI is InChI=1S/C9H11NO/c1-8(7-11)5-9-3-2-4-10-6-9/h2-6,11H,7H2,1H3/b8-5-. The van der Waals surface area contributed by atoms with E-state index in [0.29, 0.717) is 0 Å². The maximum atomic E-state index is 8.71. The summed E-state index contributed by atoms with van der Waals surface area (Å²) in [4.78, 5) is 3.95. The molecule has 1 heterocycles. The molecule has 11 heavy (non-hydrogen) atoms. The zero-order chi connectivity index (χ0) is 8.10. The van der Waals surface area contributed by atoms with Gasteiger partial charge in [-0.25, -0.2) is 0 Å². The molecule has 0 fully saturated rings. The zero-order valence-electron chi connectivity index (χ0n) is 6.49. The van der Waals surface area contributed by atoms with Gasteiger partial charge in [0.25, 0.3) is 0 Å². The van der Waals surface area contributed by atoms with Crippen molar-refractivity contribution < 1.29 is 5.11 Å². The second-order valence-electron chi connectivity index (χ2n) is 2.44. The van der Waals surface area contributed by atoms with Gasteiger partial charge in [0, 0.05) is 12.4 Å². The van der Waals surface area contributed by atoms with E-state index in [1.165, 1.54) is 0 Å². The molecule has 0 aliphatic rings. The van der Waals surface area contributed by atoms with Crippen molar-refractivity contribution in [3.8, 4) is 0 Å². The van der Waals surface area contributed by atoms with E-state index in [1.54, 1.807) is 12.4 Å². The number of aliphatic hydroxyl groups is 1. The van der Waals surface area contributed by atoms with Gasteiger partial charge in [0.2, 0.25) is 0 Å². The number of aliphatic hydroxyl groups excluding tert-OH is 1. The largest absolute Gasteiger partial charge is 0.392 e. The highest BCUT2D eigenvalue weighted by molar-refractivity contribution is 5.50. The van der Waals surface area contributed by atoms with Gasteiger partial charge in [-0.1, -0.05) is 12.1 Å². The molecular formula is C9H11NO. The highest BCUT2D eigenvalue weighted by Crippen LogP contribution is 2.02. The Labute approximate surface area is 66.2 Å². The first-order valence-corrected chi connectivity index (χ1v) is 3.51. The third-order valence-electron chi connectivity index (χ3n) is 1.35. The van der Waals surface area contributed by atoms with E-state index in [0.717, 1.165) is 11.1 Å². The van der Waals surface area contributed by atoms with Crippen molar-refractivity contribution in [3.63, 3.8) is 0 Å². The summed E-state index contributed by atoms with van der Waals surface area (Å²) in [6, 6.07) is 3.82. The van der Waals surface area contributed by atoms with Crippen molar-refractivity contribution in [2.75, 3.05) is 6.61 Å². The second kappa shape index (κ2) is 3.88. The van der Waals surface area contributed by atoms with Crippen LogP contribution in [0.2, 0.25) is 0 Å². The Bertz CT molecular complexity index is 241. The number of rotatable bonds is 2. The molecule has 0 atom stereocenters. The zero-order valence-corrected chi connectivity index (χ0v) is 6.49. The molecular weight excluding hydrogens is 138 g/mol. The monoisotopic (exact) mass is 149 g/mol. The highest BCUT2D eigenvalue weighted by atomic mass is 16.3. The number of aromatic nitrogens is 1. The Hall–Kier alpha value is -1.15. The molecule has 0 saturated carbocycles. The summed E-state index contributed by atoms with van der Waals surface area (Å²) in [7, 11) is 0. The van der Waals surface area contributed by atoms with Crippen LogP contribution in [0, 0.1) is 0 Å². The van der Waals surface area contributed by atoms with Gasteiger partial charge in [0.15, 0.2) is 0 Å². The van der Waals surface area contributed by atoms with E-state index in [4.69, 9.17) is 5.11 Å². The summed E-state index contributed by atoms with van der Waals surface area (Å²) in [5.74, 6) is 0. The predicted molar refractivity (Wildman–Crippen MR) is 45.0 cm³/mol. The van der Waals surface area contributed by atoms with E-state index in [1.807, 2.05) is 25.1 Å². The predicted octanol–water partition coefficient (Wildman–Crippen LogP) is 1.48. The Morgan fingerprint density at radius 1 is 1.73 bits per heavy atom. The molecule has 0 radical (unpaired) electrons. The summed E-state index contributed by atoms with van der Waals surface area (Å²) in [5.41, 5.74) is 1.97. The summed E-state index contributed by atoms with van der Waals surface area (Å²) in [6.45, 7) is 1.99. The summed E-state index contributed by atoms with van der Waals surface area (Å²) >= 11 is 0. The molecule has 0 bridgehead atoms. The van der Waals surface area contributed by atoms with Gasteiger partial charge >= 0.3 is 0 Å². The van der Waals surface area contributed by atoms with Crippen LogP contribution in [-0.2, 0) is 0 Å². The minimum absolute atomic E-state index is 0.106. The van der Waals surface area contributed by atoms with E-state index >= 15 is 0 Å². The second-order valence-corrected chi connectivity index (χ2v) is 2.44. The molecule has 0 spiro atoms. The Morgan fingerprint density at radius 2 is 2.55 bits per heavy atom. The topological polar surface area (TPSA) is 33.1 Å². The van der Waals surface area contributed by atoms with Crippen LogP contribution < -0.4 is 0 Å². The van der Waals surface area contributed by atoms with Crippen LogP contribution in [0.4, 0.5) is 0 Å². The quantitative estimate of drug-likeness (QED) is 0.690. The van der Waals surface area contributed by atoms with Crippen LogP contribution in [0.5, 0.6) is 0 Å². The molecule has 0 saturated heterocycles. The first kappa shape index (κ1) is 7.95. The van der Waals surface area contributed by atoms with Crippen LogP contribution in [0.1, 0.15) is 12.5 Å². The van der Waals surface area contributed by atoms with Crippen LogP contribution in [0.15, 0.2) is 30.1 Å². The first-order valence-electron chi connectivity index (χ1n) is 3.51. The van der Waals surface area contributed by atoms with Crippen molar-refractivity contribution in [3.05, 3.63) is 35.7 Å². The maximum absolute atomic E-state index is 8.71. The Kier molecular flexibility index (Phi) is 2.81. The molecule has 0 amide bonds. The summed E-state index contributed by atoms with van der Waals surface area (Å²) < 4.78 is 0. The maximum Gasteiger partial charge on any atom is 0.0642 e. The Balaban J connectivity index is 2.79. The molecule has 2 heteroatoms. The molecule has 0 aliphatic carbocycles. The van der Waals surface area contributed by atoms with Gasteiger partial charge in [-0.2, -0.15) is 0 Å². The molecule has 1 aromatic rings. The highest BCUT2D eigenvalue weighted by Gasteiger charge is 1.87. The normalized spacial score (nSPS) is 11.6. The SMILES string of the molecule is C/C(=C/c1cccnc1)CO. The molecule has 58 valence electrons. The molecule has 2 nitrogen and oxygen atoms in total. The Morgan fingerprint density at radius 3 is 3.09 bits per heavy atom. The van der Waals surface area contributed by atoms with Crippen LogP contribution in [0.3, 0.4) is 0 Å². The van der Waals surface area contributed by atoms with Gasteiger partial charge in [0.1, 0.15) is 0 Å². The fourth-order valence-electron chi connectivity index (χ4n) is 0.792. The van der Waals surface area contributed by atoms with Crippen molar-refractivity contribution in [1.82, 2.24) is 4.98 Å². The molecule has 0 unspecified atom stereocenters. The van der Waals surface area contributed by atoms with Gasteiger partial charge in [0.05, 0.1) is 6.61 Å². The van der Waals surface area contributed by atoms with Crippen LogP contribution >= 0.6 is 0 Å². The van der Waals surface area contributed by atoms with Crippen LogP contribution in [-0.4, -0.2) is 16.7 Å².